The molecule has 0 aromatic carbocycles. The fourth-order valence-corrected chi connectivity index (χ4v) is 11.8. The van der Waals surface area contributed by atoms with Gasteiger partial charge in [0.2, 0.25) is 5.91 Å². The van der Waals surface area contributed by atoms with Gasteiger partial charge in [0.15, 0.2) is 0 Å². The van der Waals surface area contributed by atoms with Crippen LogP contribution in [0.1, 0.15) is 175 Å². The van der Waals surface area contributed by atoms with E-state index in [0.717, 1.165) is 49.9 Å². The Morgan fingerprint density at radius 1 is 0.812 bits per heavy atom. The highest BCUT2D eigenvalue weighted by Gasteiger charge is 2.60. The maximum Gasteiger partial charge on any atom is 0.306 e. The quantitative estimate of drug-likeness (QED) is 0.0747. The number of hydrogen-bond donors (Lipinski definition) is 2. The van der Waals surface area contributed by atoms with E-state index in [2.05, 4.69) is 33.0 Å². The lowest BCUT2D eigenvalue weighted by Crippen LogP contribution is -2.54. The molecule has 278 valence electrons. The molecule has 4 rings (SSSR count). The fraction of sp³-hybridized carbons (Fsp3) is 0.950. The Balaban J connectivity index is 1.16. The Labute approximate surface area is 294 Å². The number of hydrogen-bond acceptors (Lipinski definition) is 5. The van der Waals surface area contributed by atoms with Gasteiger partial charge in [-0.25, -0.2) is 0 Å². The van der Waals surface area contributed by atoms with Gasteiger partial charge in [-0.2, -0.15) is 8.42 Å². The Hall–Kier alpha value is -1.15. The van der Waals surface area contributed by atoms with Crippen LogP contribution in [0.5, 0.6) is 0 Å². The fourth-order valence-electron chi connectivity index (χ4n) is 11.4. The van der Waals surface area contributed by atoms with E-state index in [-0.39, 0.29) is 24.5 Å². The van der Waals surface area contributed by atoms with Crippen LogP contribution in [0.2, 0.25) is 0 Å². The molecule has 8 heteroatoms. The number of fused-ring (bicyclic) bond motifs is 5. The van der Waals surface area contributed by atoms with E-state index < -0.39 is 15.9 Å². The molecule has 4 aliphatic rings. The molecule has 0 radical (unpaired) electrons. The standard InChI is InChI=1S/C40H71NO6S/c1-5-6-7-8-9-10-11-12-13-14-15-16-38(43)47-32-23-25-39(3)31(29-32)18-19-33-35-21-20-34(40(35,4)26-24-36(33)39)30(2)17-22-37(42)41-27-28-48(44,45)46/h30-36H,5-29H2,1-4H3,(H,41,42)(H,44,45,46). The molecule has 4 saturated carbocycles. The van der Waals surface area contributed by atoms with Crippen molar-refractivity contribution in [3.63, 3.8) is 0 Å². The van der Waals surface area contributed by atoms with E-state index in [9.17, 15) is 18.0 Å². The summed E-state index contributed by atoms with van der Waals surface area (Å²) in [6, 6.07) is 0. The Kier molecular flexibility index (Phi) is 15.2. The molecule has 0 aromatic rings. The van der Waals surface area contributed by atoms with Crippen LogP contribution in [0.25, 0.3) is 0 Å². The largest absolute Gasteiger partial charge is 0.462 e. The van der Waals surface area contributed by atoms with Gasteiger partial charge >= 0.3 is 5.97 Å². The molecule has 4 fully saturated rings. The van der Waals surface area contributed by atoms with Crippen LogP contribution in [0.3, 0.4) is 0 Å². The first-order valence-corrected chi connectivity index (χ1v) is 21.9. The van der Waals surface area contributed by atoms with E-state index in [1.165, 1.54) is 103 Å². The summed E-state index contributed by atoms with van der Waals surface area (Å²) in [7, 11) is -4.06. The normalized spacial score (nSPS) is 33.7. The SMILES string of the molecule is CCCCCCCCCCCCCC(=O)OC1CCC2(C)C(CCC3C2CCC2(C)C(C(C)CCC(=O)NCCS(=O)(=O)O)CCC32)C1. The summed E-state index contributed by atoms with van der Waals surface area (Å²) in [6.45, 7) is 9.67. The van der Waals surface area contributed by atoms with Gasteiger partial charge in [-0.05, 0) is 117 Å². The zero-order valence-electron chi connectivity index (χ0n) is 31.1. The van der Waals surface area contributed by atoms with Crippen LogP contribution in [0.15, 0.2) is 0 Å². The second-order valence-corrected chi connectivity index (χ2v) is 18.8. The van der Waals surface area contributed by atoms with Gasteiger partial charge in [0.1, 0.15) is 6.10 Å². The zero-order valence-corrected chi connectivity index (χ0v) is 31.9. The van der Waals surface area contributed by atoms with E-state index in [1.807, 2.05) is 0 Å². The van der Waals surface area contributed by atoms with Gasteiger partial charge in [-0.1, -0.05) is 91.9 Å². The van der Waals surface area contributed by atoms with Crippen molar-refractivity contribution in [3.05, 3.63) is 0 Å². The molecule has 9 unspecified atom stereocenters. The van der Waals surface area contributed by atoms with Crippen molar-refractivity contribution < 1.29 is 27.3 Å². The number of carbonyl (C=O) groups is 2. The van der Waals surface area contributed by atoms with E-state index in [4.69, 9.17) is 9.29 Å². The lowest BCUT2D eigenvalue weighted by atomic mass is 9.44. The second-order valence-electron chi connectivity index (χ2n) is 17.2. The van der Waals surface area contributed by atoms with Crippen molar-refractivity contribution in [1.82, 2.24) is 5.32 Å². The molecule has 0 aromatic heterocycles. The van der Waals surface area contributed by atoms with Crippen molar-refractivity contribution in [3.8, 4) is 0 Å². The molecule has 0 saturated heterocycles. The van der Waals surface area contributed by atoms with Crippen LogP contribution < -0.4 is 5.32 Å². The number of carbonyl (C=O) groups excluding carboxylic acids is 2. The number of rotatable bonds is 20. The highest BCUT2D eigenvalue weighted by Crippen LogP contribution is 2.68. The lowest BCUT2D eigenvalue weighted by molar-refractivity contribution is -0.162. The average molecular weight is 694 g/mol. The Morgan fingerprint density at radius 2 is 1.44 bits per heavy atom. The summed E-state index contributed by atoms with van der Waals surface area (Å²) < 4.78 is 36.9. The van der Waals surface area contributed by atoms with Gasteiger partial charge in [0, 0.05) is 19.4 Å². The predicted molar refractivity (Wildman–Crippen MR) is 194 cm³/mol. The maximum atomic E-state index is 12.8. The van der Waals surface area contributed by atoms with E-state index in [1.54, 1.807) is 0 Å². The van der Waals surface area contributed by atoms with Crippen LogP contribution in [-0.2, 0) is 24.4 Å². The monoisotopic (exact) mass is 694 g/mol. The van der Waals surface area contributed by atoms with Crippen molar-refractivity contribution in [1.29, 1.82) is 0 Å². The zero-order chi connectivity index (χ0) is 34.8. The second kappa shape index (κ2) is 18.4. The number of nitrogens with one attached hydrogen (secondary N) is 1. The molecular formula is C40H71NO6S. The first-order chi connectivity index (χ1) is 22.9. The Morgan fingerprint density at radius 3 is 2.10 bits per heavy atom. The average Bonchev–Trinajstić information content (AvgIpc) is 3.39. The highest BCUT2D eigenvalue weighted by molar-refractivity contribution is 7.85. The summed E-state index contributed by atoms with van der Waals surface area (Å²) in [6.07, 6.45) is 27.1. The molecule has 1 amide bonds. The molecule has 7 nitrogen and oxygen atoms in total. The molecule has 4 aliphatic carbocycles. The third kappa shape index (κ3) is 10.7. The number of unbranched alkanes of at least 4 members (excludes halogenated alkanes) is 10. The Bertz CT molecular complexity index is 1130. The number of amides is 1. The first-order valence-electron chi connectivity index (χ1n) is 20.3. The van der Waals surface area contributed by atoms with E-state index >= 15 is 0 Å². The summed E-state index contributed by atoms with van der Waals surface area (Å²) in [5, 5.41) is 2.65. The van der Waals surface area contributed by atoms with Crippen LogP contribution >= 0.6 is 0 Å². The third-order valence-corrected chi connectivity index (χ3v) is 14.9. The molecular weight excluding hydrogens is 623 g/mol. The lowest BCUT2D eigenvalue weighted by Gasteiger charge is -2.61. The van der Waals surface area contributed by atoms with Crippen molar-refractivity contribution >= 4 is 22.0 Å². The number of esters is 1. The highest BCUT2D eigenvalue weighted by atomic mass is 32.2. The molecule has 0 aliphatic heterocycles. The minimum absolute atomic E-state index is 0.0309. The summed E-state index contributed by atoms with van der Waals surface area (Å²) >= 11 is 0. The third-order valence-electron chi connectivity index (χ3n) is 14.2. The van der Waals surface area contributed by atoms with Gasteiger partial charge < -0.3 is 10.1 Å². The van der Waals surface area contributed by atoms with Gasteiger partial charge in [-0.15, -0.1) is 0 Å². The predicted octanol–water partition coefficient (Wildman–Crippen LogP) is 9.68. The topological polar surface area (TPSA) is 110 Å². The number of ether oxygens (including phenoxy) is 1. The van der Waals surface area contributed by atoms with Crippen LogP contribution in [-0.4, -0.2) is 43.2 Å². The van der Waals surface area contributed by atoms with Crippen molar-refractivity contribution in [2.45, 2.75) is 181 Å². The van der Waals surface area contributed by atoms with Crippen LogP contribution in [0.4, 0.5) is 0 Å². The van der Waals surface area contributed by atoms with Crippen molar-refractivity contribution in [2.75, 3.05) is 12.3 Å². The summed E-state index contributed by atoms with van der Waals surface area (Å²) in [5.74, 6) is 3.50. The molecule has 0 heterocycles. The smallest absolute Gasteiger partial charge is 0.306 e. The van der Waals surface area contributed by atoms with Crippen LogP contribution in [0, 0.1) is 46.3 Å². The minimum Gasteiger partial charge on any atom is -0.462 e. The molecule has 2 N–H and O–H groups in total. The first kappa shape index (κ1) is 39.6. The van der Waals surface area contributed by atoms with Gasteiger partial charge in [0.05, 0.1) is 5.75 Å². The molecule has 0 bridgehead atoms. The van der Waals surface area contributed by atoms with Gasteiger partial charge in [-0.3, -0.25) is 14.1 Å². The molecule has 0 spiro atoms. The van der Waals surface area contributed by atoms with Crippen molar-refractivity contribution in [2.24, 2.45) is 46.3 Å². The summed E-state index contributed by atoms with van der Waals surface area (Å²) in [4.78, 5) is 25.1. The molecule has 9 atom stereocenters. The minimum atomic E-state index is -4.06. The van der Waals surface area contributed by atoms with E-state index in [0.29, 0.717) is 41.4 Å². The van der Waals surface area contributed by atoms with Gasteiger partial charge in [0.25, 0.3) is 10.1 Å². The molecule has 48 heavy (non-hydrogen) atoms. The maximum absolute atomic E-state index is 12.8. The summed E-state index contributed by atoms with van der Waals surface area (Å²) in [5.41, 5.74) is 0.680.